The van der Waals surface area contributed by atoms with Crippen LogP contribution in [0.2, 0.25) is 0 Å². The summed E-state index contributed by atoms with van der Waals surface area (Å²) in [7, 11) is 0. The Balaban J connectivity index is 2.17. The van der Waals surface area contributed by atoms with E-state index in [0.717, 1.165) is 5.75 Å². The van der Waals surface area contributed by atoms with Crippen LogP contribution in [0.5, 0.6) is 17.4 Å². The van der Waals surface area contributed by atoms with Gasteiger partial charge in [-0.2, -0.15) is 0 Å². The first kappa shape index (κ1) is 13.4. The lowest BCUT2D eigenvalue weighted by atomic mass is 10.2. The maximum absolute atomic E-state index is 9.66. The molecule has 100 valence electrons. The van der Waals surface area contributed by atoms with Gasteiger partial charge in [0.15, 0.2) is 0 Å². The van der Waals surface area contributed by atoms with Crippen LogP contribution in [0.1, 0.15) is 25.5 Å². The third-order valence-corrected chi connectivity index (χ3v) is 2.60. The fraction of sp³-hybridized carbons (Fsp3) is 0.267. The minimum Gasteiger partial charge on any atom is -0.494 e. The molecular formula is C15H17NO3. The summed E-state index contributed by atoms with van der Waals surface area (Å²) in [5.41, 5.74) is 0.663. The summed E-state index contributed by atoms with van der Waals surface area (Å²) < 4.78 is 11.0. The van der Waals surface area contributed by atoms with Crippen molar-refractivity contribution in [2.24, 2.45) is 0 Å². The van der Waals surface area contributed by atoms with Gasteiger partial charge in [0.25, 0.3) is 0 Å². The van der Waals surface area contributed by atoms with Crippen molar-refractivity contribution in [3.63, 3.8) is 0 Å². The molecule has 2 aromatic rings. The molecule has 1 aromatic heterocycles. The smallest absolute Gasteiger partial charge is 0.225 e. The molecule has 2 rings (SSSR count). The third kappa shape index (κ3) is 3.45. The van der Waals surface area contributed by atoms with Crippen LogP contribution in [0, 0.1) is 0 Å². The van der Waals surface area contributed by atoms with E-state index in [4.69, 9.17) is 9.47 Å². The number of benzene rings is 1. The number of ether oxygens (including phenoxy) is 2. The van der Waals surface area contributed by atoms with Gasteiger partial charge in [0, 0.05) is 11.8 Å². The average Bonchev–Trinajstić information content (AvgIpc) is 2.42. The van der Waals surface area contributed by atoms with Crippen molar-refractivity contribution in [3.8, 4) is 17.4 Å². The molecule has 4 heteroatoms. The monoisotopic (exact) mass is 259 g/mol. The van der Waals surface area contributed by atoms with E-state index in [1.165, 1.54) is 0 Å². The number of aliphatic hydroxyl groups is 1. The highest BCUT2D eigenvalue weighted by molar-refractivity contribution is 5.36. The van der Waals surface area contributed by atoms with Gasteiger partial charge in [-0.15, -0.1) is 0 Å². The first-order valence-corrected chi connectivity index (χ1v) is 6.24. The predicted molar refractivity (Wildman–Crippen MR) is 72.6 cm³/mol. The molecule has 1 atom stereocenters. The normalized spacial score (nSPS) is 11.9. The average molecular weight is 259 g/mol. The first-order chi connectivity index (χ1) is 9.20. The standard InChI is InChI=1S/C15H17NO3/c1-3-18-12-6-8-13(9-7-12)19-15-14(11(2)17)5-4-10-16-15/h4-11,17H,3H2,1-2H3. The largest absolute Gasteiger partial charge is 0.494 e. The molecular weight excluding hydrogens is 242 g/mol. The molecule has 1 heterocycles. The molecule has 0 saturated heterocycles. The number of rotatable bonds is 5. The molecule has 0 aliphatic rings. The maximum atomic E-state index is 9.66. The Morgan fingerprint density at radius 3 is 2.47 bits per heavy atom. The van der Waals surface area contributed by atoms with Gasteiger partial charge >= 0.3 is 0 Å². The fourth-order valence-corrected chi connectivity index (χ4v) is 1.69. The second kappa shape index (κ2) is 6.20. The van der Waals surface area contributed by atoms with Gasteiger partial charge < -0.3 is 14.6 Å². The van der Waals surface area contributed by atoms with Crippen molar-refractivity contribution in [2.45, 2.75) is 20.0 Å². The predicted octanol–water partition coefficient (Wildman–Crippen LogP) is 3.33. The summed E-state index contributed by atoms with van der Waals surface area (Å²) in [6.45, 7) is 4.25. The van der Waals surface area contributed by atoms with E-state index in [9.17, 15) is 5.11 Å². The maximum Gasteiger partial charge on any atom is 0.225 e. The Labute approximate surface area is 112 Å². The zero-order valence-corrected chi connectivity index (χ0v) is 11.0. The summed E-state index contributed by atoms with van der Waals surface area (Å²) in [6.07, 6.45) is 1.02. The minimum atomic E-state index is -0.619. The number of nitrogens with zero attached hydrogens (tertiary/aromatic N) is 1. The van der Waals surface area contributed by atoms with Crippen LogP contribution in [-0.4, -0.2) is 16.7 Å². The van der Waals surface area contributed by atoms with Crippen molar-refractivity contribution < 1.29 is 14.6 Å². The molecule has 0 saturated carbocycles. The van der Waals surface area contributed by atoms with Gasteiger partial charge in [0.05, 0.1) is 12.7 Å². The SMILES string of the molecule is CCOc1ccc(Oc2ncccc2C(C)O)cc1. The summed E-state index contributed by atoms with van der Waals surface area (Å²) in [5.74, 6) is 1.87. The molecule has 0 amide bonds. The van der Waals surface area contributed by atoms with Gasteiger partial charge in [-0.25, -0.2) is 4.98 Å². The topological polar surface area (TPSA) is 51.6 Å². The zero-order valence-electron chi connectivity index (χ0n) is 11.0. The highest BCUT2D eigenvalue weighted by Gasteiger charge is 2.10. The number of aromatic nitrogens is 1. The molecule has 1 aromatic carbocycles. The number of hydrogen-bond acceptors (Lipinski definition) is 4. The molecule has 0 spiro atoms. The summed E-state index contributed by atoms with van der Waals surface area (Å²) in [6, 6.07) is 10.9. The second-order valence-corrected chi connectivity index (χ2v) is 4.08. The first-order valence-electron chi connectivity index (χ1n) is 6.24. The summed E-state index contributed by atoms with van der Waals surface area (Å²) in [5, 5.41) is 9.66. The van der Waals surface area contributed by atoms with Crippen LogP contribution in [-0.2, 0) is 0 Å². The molecule has 1 N–H and O–H groups in total. The van der Waals surface area contributed by atoms with Gasteiger partial charge in [0.2, 0.25) is 5.88 Å². The molecule has 19 heavy (non-hydrogen) atoms. The van der Waals surface area contributed by atoms with Crippen LogP contribution in [0.4, 0.5) is 0 Å². The van der Waals surface area contributed by atoms with Crippen molar-refractivity contribution in [1.82, 2.24) is 4.98 Å². The summed E-state index contributed by atoms with van der Waals surface area (Å²) in [4.78, 5) is 4.14. The number of hydrogen-bond donors (Lipinski definition) is 1. The lowest BCUT2D eigenvalue weighted by Crippen LogP contribution is -1.98. The minimum absolute atomic E-state index is 0.418. The molecule has 1 unspecified atom stereocenters. The Kier molecular flexibility index (Phi) is 4.36. The number of aliphatic hydroxyl groups excluding tert-OH is 1. The fourth-order valence-electron chi connectivity index (χ4n) is 1.69. The highest BCUT2D eigenvalue weighted by atomic mass is 16.5. The van der Waals surface area contributed by atoms with Crippen molar-refractivity contribution >= 4 is 0 Å². The Bertz CT molecular complexity index is 523. The second-order valence-electron chi connectivity index (χ2n) is 4.08. The zero-order chi connectivity index (χ0) is 13.7. The third-order valence-electron chi connectivity index (χ3n) is 2.60. The highest BCUT2D eigenvalue weighted by Crippen LogP contribution is 2.28. The molecule has 0 aliphatic heterocycles. The van der Waals surface area contributed by atoms with E-state index in [1.807, 2.05) is 31.2 Å². The van der Waals surface area contributed by atoms with Gasteiger partial charge in [-0.05, 0) is 50.2 Å². The van der Waals surface area contributed by atoms with Gasteiger partial charge in [-0.3, -0.25) is 0 Å². The van der Waals surface area contributed by atoms with Crippen LogP contribution >= 0.6 is 0 Å². The lowest BCUT2D eigenvalue weighted by molar-refractivity contribution is 0.194. The molecule has 0 aliphatic carbocycles. The molecule has 0 fully saturated rings. The van der Waals surface area contributed by atoms with Gasteiger partial charge in [-0.1, -0.05) is 0 Å². The Morgan fingerprint density at radius 2 is 1.84 bits per heavy atom. The van der Waals surface area contributed by atoms with E-state index in [1.54, 1.807) is 25.3 Å². The molecule has 4 nitrogen and oxygen atoms in total. The van der Waals surface area contributed by atoms with Crippen LogP contribution in [0.25, 0.3) is 0 Å². The summed E-state index contributed by atoms with van der Waals surface area (Å²) >= 11 is 0. The van der Waals surface area contributed by atoms with E-state index >= 15 is 0 Å². The van der Waals surface area contributed by atoms with E-state index in [-0.39, 0.29) is 0 Å². The van der Waals surface area contributed by atoms with E-state index < -0.39 is 6.10 Å². The van der Waals surface area contributed by atoms with Crippen molar-refractivity contribution in [1.29, 1.82) is 0 Å². The van der Waals surface area contributed by atoms with Crippen LogP contribution in [0.15, 0.2) is 42.6 Å². The van der Waals surface area contributed by atoms with Gasteiger partial charge in [0.1, 0.15) is 11.5 Å². The lowest BCUT2D eigenvalue weighted by Gasteiger charge is -2.11. The van der Waals surface area contributed by atoms with E-state index in [2.05, 4.69) is 4.98 Å². The quantitative estimate of drug-likeness (QED) is 0.894. The van der Waals surface area contributed by atoms with Crippen molar-refractivity contribution in [3.05, 3.63) is 48.2 Å². The van der Waals surface area contributed by atoms with Crippen LogP contribution < -0.4 is 9.47 Å². The van der Waals surface area contributed by atoms with Crippen LogP contribution in [0.3, 0.4) is 0 Å². The van der Waals surface area contributed by atoms with E-state index in [0.29, 0.717) is 23.8 Å². The van der Waals surface area contributed by atoms with Crippen molar-refractivity contribution in [2.75, 3.05) is 6.61 Å². The molecule has 0 radical (unpaired) electrons. The number of pyridine rings is 1. The molecule has 0 bridgehead atoms. The Morgan fingerprint density at radius 1 is 1.16 bits per heavy atom. The Hall–Kier alpha value is -2.07.